The van der Waals surface area contributed by atoms with Crippen LogP contribution in [0.4, 0.5) is 0 Å². The Bertz CT molecular complexity index is 799. The van der Waals surface area contributed by atoms with Gasteiger partial charge in [-0.05, 0) is 56.8 Å². The highest BCUT2D eigenvalue weighted by Gasteiger charge is 2.45. The van der Waals surface area contributed by atoms with E-state index in [4.69, 9.17) is 4.52 Å². The van der Waals surface area contributed by atoms with E-state index in [9.17, 15) is 9.90 Å². The van der Waals surface area contributed by atoms with Crippen LogP contribution in [0.3, 0.4) is 0 Å². The molecule has 0 radical (unpaired) electrons. The second-order valence-electron chi connectivity index (χ2n) is 8.17. The van der Waals surface area contributed by atoms with Crippen LogP contribution in [0.15, 0.2) is 35.0 Å². The van der Waals surface area contributed by atoms with Gasteiger partial charge in [0, 0.05) is 37.9 Å². The summed E-state index contributed by atoms with van der Waals surface area (Å²) >= 11 is 0. The molecule has 2 fully saturated rings. The van der Waals surface area contributed by atoms with Gasteiger partial charge < -0.3 is 14.5 Å². The number of pyridine rings is 1. The second kappa shape index (κ2) is 8.01. The molecule has 4 rings (SSSR count). The lowest BCUT2D eigenvalue weighted by molar-refractivity contribution is -0.0376. The standard InChI is InChI=1S/C21H28N4O3/c1-16-12-18(28-23-16)14-24-9-5-21(6-10-24)7-11-25(13-17(21)15-26)20(27)19-4-2-3-8-22-19/h2-4,8,12,17,26H,5-7,9-11,13-15H2,1H3. The molecule has 1 amide bonds. The van der Waals surface area contributed by atoms with E-state index in [1.54, 1.807) is 12.3 Å². The van der Waals surface area contributed by atoms with E-state index in [-0.39, 0.29) is 23.8 Å². The lowest BCUT2D eigenvalue weighted by Crippen LogP contribution is -2.54. The molecule has 150 valence electrons. The van der Waals surface area contributed by atoms with Crippen LogP contribution in [0.5, 0.6) is 0 Å². The van der Waals surface area contributed by atoms with E-state index in [0.29, 0.717) is 12.2 Å². The fraction of sp³-hybridized carbons (Fsp3) is 0.571. The zero-order chi connectivity index (χ0) is 19.6. The van der Waals surface area contributed by atoms with Gasteiger partial charge in [0.25, 0.3) is 5.91 Å². The minimum absolute atomic E-state index is 0.0352. The van der Waals surface area contributed by atoms with E-state index in [1.165, 1.54) is 0 Å². The Labute approximate surface area is 165 Å². The molecule has 0 bridgehead atoms. The summed E-state index contributed by atoms with van der Waals surface area (Å²) in [6, 6.07) is 7.39. The van der Waals surface area contributed by atoms with Gasteiger partial charge in [0.1, 0.15) is 5.69 Å². The van der Waals surface area contributed by atoms with Gasteiger partial charge in [-0.25, -0.2) is 0 Å². The van der Waals surface area contributed by atoms with Crippen LogP contribution >= 0.6 is 0 Å². The molecule has 7 nitrogen and oxygen atoms in total. The normalized spacial score (nSPS) is 22.5. The number of amides is 1. The SMILES string of the molecule is Cc1cc(CN2CCC3(CC2)CCN(C(=O)c2ccccn2)CC3CO)on1. The van der Waals surface area contributed by atoms with E-state index < -0.39 is 0 Å². The van der Waals surface area contributed by atoms with E-state index in [0.717, 1.165) is 56.9 Å². The van der Waals surface area contributed by atoms with Gasteiger partial charge in [-0.2, -0.15) is 0 Å². The number of rotatable bonds is 4. The van der Waals surface area contributed by atoms with Gasteiger partial charge in [-0.3, -0.25) is 14.7 Å². The third-order valence-electron chi connectivity index (χ3n) is 6.49. The maximum atomic E-state index is 12.7. The Morgan fingerprint density at radius 2 is 2.07 bits per heavy atom. The van der Waals surface area contributed by atoms with Crippen molar-refractivity contribution in [3.63, 3.8) is 0 Å². The average molecular weight is 384 g/mol. The number of nitrogens with zero attached hydrogens (tertiary/aromatic N) is 4. The quantitative estimate of drug-likeness (QED) is 0.869. The zero-order valence-electron chi connectivity index (χ0n) is 16.4. The van der Waals surface area contributed by atoms with Crippen molar-refractivity contribution in [2.24, 2.45) is 11.3 Å². The summed E-state index contributed by atoms with van der Waals surface area (Å²) in [4.78, 5) is 21.2. The minimum atomic E-state index is -0.0352. The molecule has 2 aliphatic rings. The first-order valence-corrected chi connectivity index (χ1v) is 10.1. The van der Waals surface area contributed by atoms with Crippen molar-refractivity contribution >= 4 is 5.91 Å². The van der Waals surface area contributed by atoms with Gasteiger partial charge in [0.15, 0.2) is 5.76 Å². The number of hydrogen-bond donors (Lipinski definition) is 1. The van der Waals surface area contributed by atoms with Crippen LogP contribution in [-0.4, -0.2) is 63.7 Å². The zero-order valence-corrected chi connectivity index (χ0v) is 16.4. The van der Waals surface area contributed by atoms with Gasteiger partial charge in [0.2, 0.25) is 0 Å². The summed E-state index contributed by atoms with van der Waals surface area (Å²) in [7, 11) is 0. The summed E-state index contributed by atoms with van der Waals surface area (Å²) in [6.07, 6.45) is 4.66. The van der Waals surface area contributed by atoms with Crippen LogP contribution in [0.1, 0.15) is 41.2 Å². The van der Waals surface area contributed by atoms with Crippen LogP contribution < -0.4 is 0 Å². The molecular weight excluding hydrogens is 356 g/mol. The molecule has 2 saturated heterocycles. The molecule has 4 heterocycles. The second-order valence-corrected chi connectivity index (χ2v) is 8.17. The van der Waals surface area contributed by atoms with Crippen LogP contribution in [-0.2, 0) is 6.54 Å². The Morgan fingerprint density at radius 3 is 2.71 bits per heavy atom. The topological polar surface area (TPSA) is 82.7 Å². The third-order valence-corrected chi connectivity index (χ3v) is 6.49. The molecule has 0 aromatic carbocycles. The van der Waals surface area contributed by atoms with Gasteiger partial charge in [-0.1, -0.05) is 11.2 Å². The van der Waals surface area contributed by atoms with E-state index in [1.807, 2.05) is 30.0 Å². The molecule has 2 aromatic heterocycles. The number of aliphatic hydroxyl groups is 1. The van der Waals surface area contributed by atoms with Crippen molar-refractivity contribution in [2.45, 2.75) is 32.7 Å². The number of aryl methyl sites for hydroxylation is 1. The predicted molar refractivity (Wildman–Crippen MR) is 104 cm³/mol. The average Bonchev–Trinajstić information content (AvgIpc) is 3.15. The number of carbonyl (C=O) groups is 1. The summed E-state index contributed by atoms with van der Waals surface area (Å²) in [5, 5.41) is 14.1. The van der Waals surface area contributed by atoms with Crippen LogP contribution in [0.25, 0.3) is 0 Å². The van der Waals surface area contributed by atoms with Crippen molar-refractivity contribution in [3.8, 4) is 0 Å². The molecule has 2 aliphatic heterocycles. The first-order valence-electron chi connectivity index (χ1n) is 10.1. The Kier molecular flexibility index (Phi) is 5.46. The lowest BCUT2D eigenvalue weighted by atomic mass is 9.64. The highest BCUT2D eigenvalue weighted by Crippen LogP contribution is 2.45. The van der Waals surface area contributed by atoms with Crippen LogP contribution in [0.2, 0.25) is 0 Å². The van der Waals surface area contributed by atoms with E-state index in [2.05, 4.69) is 15.0 Å². The molecule has 1 spiro atoms. The summed E-state index contributed by atoms with van der Waals surface area (Å²) in [6.45, 7) is 6.12. The predicted octanol–water partition coefficient (Wildman–Crippen LogP) is 2.11. The smallest absolute Gasteiger partial charge is 0.272 e. The monoisotopic (exact) mass is 384 g/mol. The molecule has 28 heavy (non-hydrogen) atoms. The number of likely N-dealkylation sites (tertiary alicyclic amines) is 2. The number of aliphatic hydroxyl groups excluding tert-OH is 1. The highest BCUT2D eigenvalue weighted by molar-refractivity contribution is 5.92. The third kappa shape index (κ3) is 3.82. The lowest BCUT2D eigenvalue weighted by Gasteiger charge is -2.51. The van der Waals surface area contributed by atoms with Gasteiger partial charge >= 0.3 is 0 Å². The number of hydrogen-bond acceptors (Lipinski definition) is 6. The Morgan fingerprint density at radius 1 is 1.29 bits per heavy atom. The fourth-order valence-corrected chi connectivity index (χ4v) is 4.73. The first kappa shape index (κ1) is 19.1. The van der Waals surface area contributed by atoms with Crippen LogP contribution in [0, 0.1) is 18.3 Å². The van der Waals surface area contributed by atoms with Crippen molar-refractivity contribution < 1.29 is 14.4 Å². The number of aromatic nitrogens is 2. The molecule has 0 saturated carbocycles. The summed E-state index contributed by atoms with van der Waals surface area (Å²) in [5.41, 5.74) is 1.50. The molecule has 1 N–H and O–H groups in total. The molecule has 2 aromatic rings. The van der Waals surface area contributed by atoms with Crippen molar-refractivity contribution in [3.05, 3.63) is 47.6 Å². The first-order chi connectivity index (χ1) is 13.6. The number of carbonyl (C=O) groups excluding carboxylic acids is 1. The Balaban J connectivity index is 1.37. The molecule has 1 atom stereocenters. The number of piperidine rings is 2. The highest BCUT2D eigenvalue weighted by atomic mass is 16.5. The van der Waals surface area contributed by atoms with E-state index >= 15 is 0 Å². The van der Waals surface area contributed by atoms with Crippen molar-refractivity contribution in [1.82, 2.24) is 19.9 Å². The van der Waals surface area contributed by atoms with Gasteiger partial charge in [0.05, 0.1) is 12.2 Å². The maximum absolute atomic E-state index is 12.7. The molecule has 7 heteroatoms. The largest absolute Gasteiger partial charge is 0.396 e. The van der Waals surface area contributed by atoms with Gasteiger partial charge in [-0.15, -0.1) is 0 Å². The maximum Gasteiger partial charge on any atom is 0.272 e. The molecular formula is C21H28N4O3. The minimum Gasteiger partial charge on any atom is -0.396 e. The van der Waals surface area contributed by atoms with Crippen molar-refractivity contribution in [2.75, 3.05) is 32.8 Å². The molecule has 1 unspecified atom stereocenters. The summed E-state index contributed by atoms with van der Waals surface area (Å²) < 4.78 is 5.35. The Hall–Kier alpha value is -2.25. The molecule has 0 aliphatic carbocycles. The summed E-state index contributed by atoms with van der Waals surface area (Å²) in [5.74, 6) is 0.985. The fourth-order valence-electron chi connectivity index (χ4n) is 4.73. The van der Waals surface area contributed by atoms with Crippen molar-refractivity contribution in [1.29, 1.82) is 0 Å².